The molecule has 1 aromatic rings. The minimum Gasteiger partial charge on any atom is -0.393 e. The highest BCUT2D eigenvalue weighted by molar-refractivity contribution is 5.11. The van der Waals surface area contributed by atoms with Crippen molar-refractivity contribution in [3.63, 3.8) is 0 Å². The second-order valence-electron chi connectivity index (χ2n) is 6.82. The summed E-state index contributed by atoms with van der Waals surface area (Å²) in [6.45, 7) is 5.16. The van der Waals surface area contributed by atoms with Gasteiger partial charge < -0.3 is 5.11 Å². The molecule has 1 aromatic heterocycles. The van der Waals surface area contributed by atoms with Crippen LogP contribution in [0.15, 0.2) is 6.07 Å². The Hall–Kier alpha value is -0.830. The van der Waals surface area contributed by atoms with E-state index in [-0.39, 0.29) is 6.10 Å². The SMILES string of the molecule is CCc1cc(CC(O)CC2CC3CCC2C3)n(CC)n1. The molecule has 4 unspecified atom stereocenters. The lowest BCUT2D eigenvalue weighted by Crippen LogP contribution is -2.21. The Kier molecular flexibility index (Phi) is 4.16. The molecule has 0 aromatic carbocycles. The Balaban J connectivity index is 1.58. The van der Waals surface area contributed by atoms with Crippen molar-refractivity contribution >= 4 is 0 Å². The van der Waals surface area contributed by atoms with E-state index in [1.54, 1.807) is 0 Å². The molecule has 20 heavy (non-hydrogen) atoms. The normalized spacial score (nSPS) is 30.1. The quantitative estimate of drug-likeness (QED) is 0.866. The molecule has 2 aliphatic rings. The molecule has 2 bridgehead atoms. The molecule has 0 radical (unpaired) electrons. The first kappa shape index (κ1) is 14.1. The summed E-state index contributed by atoms with van der Waals surface area (Å²) in [5.74, 6) is 2.68. The van der Waals surface area contributed by atoms with Gasteiger partial charge in [-0.2, -0.15) is 5.10 Å². The molecule has 0 amide bonds. The van der Waals surface area contributed by atoms with Crippen LogP contribution in [0.4, 0.5) is 0 Å². The van der Waals surface area contributed by atoms with Gasteiger partial charge in [0.05, 0.1) is 11.8 Å². The predicted octanol–water partition coefficient (Wildman–Crippen LogP) is 3.20. The summed E-state index contributed by atoms with van der Waals surface area (Å²) in [4.78, 5) is 0. The van der Waals surface area contributed by atoms with E-state index < -0.39 is 0 Å². The van der Waals surface area contributed by atoms with E-state index >= 15 is 0 Å². The van der Waals surface area contributed by atoms with Gasteiger partial charge >= 0.3 is 0 Å². The van der Waals surface area contributed by atoms with Gasteiger partial charge in [-0.15, -0.1) is 0 Å². The summed E-state index contributed by atoms with van der Waals surface area (Å²) in [5.41, 5.74) is 2.36. The van der Waals surface area contributed by atoms with Gasteiger partial charge in [0.25, 0.3) is 0 Å². The number of aliphatic hydroxyl groups is 1. The Labute approximate surface area is 122 Å². The molecular formula is C17H28N2O. The Morgan fingerprint density at radius 1 is 1.35 bits per heavy atom. The van der Waals surface area contributed by atoms with Crippen LogP contribution in [-0.2, 0) is 19.4 Å². The van der Waals surface area contributed by atoms with E-state index in [4.69, 9.17) is 0 Å². The number of hydrogen-bond acceptors (Lipinski definition) is 2. The molecule has 3 nitrogen and oxygen atoms in total. The zero-order valence-corrected chi connectivity index (χ0v) is 12.9. The molecule has 3 rings (SSSR count). The highest BCUT2D eigenvalue weighted by atomic mass is 16.3. The Morgan fingerprint density at radius 3 is 2.80 bits per heavy atom. The average Bonchev–Trinajstić information content (AvgIpc) is 3.13. The van der Waals surface area contributed by atoms with Crippen LogP contribution in [0.5, 0.6) is 0 Å². The number of rotatable bonds is 6. The number of fused-ring (bicyclic) bond motifs is 2. The first-order valence-corrected chi connectivity index (χ1v) is 8.43. The second kappa shape index (κ2) is 5.88. The lowest BCUT2D eigenvalue weighted by Gasteiger charge is -2.24. The molecule has 2 aliphatic carbocycles. The van der Waals surface area contributed by atoms with Crippen molar-refractivity contribution in [3.05, 3.63) is 17.5 Å². The molecule has 0 aliphatic heterocycles. The van der Waals surface area contributed by atoms with Crippen LogP contribution >= 0.6 is 0 Å². The number of nitrogens with zero attached hydrogens (tertiary/aromatic N) is 2. The van der Waals surface area contributed by atoms with Gasteiger partial charge in [0.15, 0.2) is 0 Å². The molecular weight excluding hydrogens is 248 g/mol. The van der Waals surface area contributed by atoms with Gasteiger partial charge in [0.2, 0.25) is 0 Å². The number of aromatic nitrogens is 2. The molecule has 3 heteroatoms. The van der Waals surface area contributed by atoms with Crippen molar-refractivity contribution < 1.29 is 5.11 Å². The fraction of sp³-hybridized carbons (Fsp3) is 0.824. The smallest absolute Gasteiger partial charge is 0.0624 e. The van der Waals surface area contributed by atoms with Crippen molar-refractivity contribution in [2.45, 2.75) is 71.4 Å². The van der Waals surface area contributed by atoms with Crippen molar-refractivity contribution in [1.82, 2.24) is 9.78 Å². The fourth-order valence-electron chi connectivity index (χ4n) is 4.47. The molecule has 0 spiro atoms. The summed E-state index contributed by atoms with van der Waals surface area (Å²) in [5, 5.41) is 15.0. The largest absolute Gasteiger partial charge is 0.393 e. The molecule has 112 valence electrons. The van der Waals surface area contributed by atoms with E-state index in [0.717, 1.165) is 49.3 Å². The third-order valence-corrected chi connectivity index (χ3v) is 5.48. The zero-order valence-electron chi connectivity index (χ0n) is 12.9. The standard InChI is InChI=1S/C17H28N2O/c1-3-15-10-16(19(4-2)18-15)11-17(20)9-14-8-12-5-6-13(14)7-12/h10,12-14,17,20H,3-9,11H2,1-2H3. The van der Waals surface area contributed by atoms with Gasteiger partial charge in [0.1, 0.15) is 0 Å². The summed E-state index contributed by atoms with van der Waals surface area (Å²) < 4.78 is 2.06. The maximum absolute atomic E-state index is 10.5. The van der Waals surface area contributed by atoms with Gasteiger partial charge in [0, 0.05) is 18.7 Å². The van der Waals surface area contributed by atoms with Crippen LogP contribution in [0, 0.1) is 17.8 Å². The molecule has 2 fully saturated rings. The monoisotopic (exact) mass is 276 g/mol. The van der Waals surface area contributed by atoms with E-state index in [9.17, 15) is 5.11 Å². The topological polar surface area (TPSA) is 38.0 Å². The van der Waals surface area contributed by atoms with Crippen LogP contribution in [-0.4, -0.2) is 21.0 Å². The van der Waals surface area contributed by atoms with Crippen LogP contribution in [0.25, 0.3) is 0 Å². The first-order chi connectivity index (χ1) is 9.69. The van der Waals surface area contributed by atoms with Gasteiger partial charge in [-0.3, -0.25) is 4.68 Å². The minimum absolute atomic E-state index is 0.189. The number of hydrogen-bond donors (Lipinski definition) is 1. The van der Waals surface area contributed by atoms with Crippen molar-refractivity contribution in [2.75, 3.05) is 0 Å². The molecule has 4 atom stereocenters. The van der Waals surface area contributed by atoms with Crippen LogP contribution in [0.1, 0.15) is 57.3 Å². The summed E-state index contributed by atoms with van der Waals surface area (Å²) in [6, 6.07) is 2.17. The first-order valence-electron chi connectivity index (χ1n) is 8.43. The van der Waals surface area contributed by atoms with E-state index in [0.29, 0.717) is 0 Å². The summed E-state index contributed by atoms with van der Waals surface area (Å²) >= 11 is 0. The third-order valence-electron chi connectivity index (χ3n) is 5.48. The Bertz CT molecular complexity index is 454. The van der Waals surface area contributed by atoms with Crippen LogP contribution in [0.2, 0.25) is 0 Å². The van der Waals surface area contributed by atoms with E-state index in [1.807, 2.05) is 0 Å². The van der Waals surface area contributed by atoms with Crippen molar-refractivity contribution in [3.8, 4) is 0 Å². The van der Waals surface area contributed by atoms with Crippen molar-refractivity contribution in [2.24, 2.45) is 17.8 Å². The molecule has 0 saturated heterocycles. The number of aliphatic hydroxyl groups excluding tert-OH is 1. The lowest BCUT2D eigenvalue weighted by molar-refractivity contribution is 0.122. The molecule has 1 N–H and O–H groups in total. The summed E-state index contributed by atoms with van der Waals surface area (Å²) in [7, 11) is 0. The highest BCUT2D eigenvalue weighted by Crippen LogP contribution is 2.49. The zero-order chi connectivity index (χ0) is 14.1. The Morgan fingerprint density at radius 2 is 2.20 bits per heavy atom. The maximum Gasteiger partial charge on any atom is 0.0624 e. The molecule has 2 saturated carbocycles. The molecule has 1 heterocycles. The van der Waals surface area contributed by atoms with Gasteiger partial charge in [-0.25, -0.2) is 0 Å². The maximum atomic E-state index is 10.5. The lowest BCUT2D eigenvalue weighted by atomic mass is 9.84. The third kappa shape index (κ3) is 2.78. The van der Waals surface area contributed by atoms with E-state index in [2.05, 4.69) is 29.7 Å². The van der Waals surface area contributed by atoms with Crippen LogP contribution < -0.4 is 0 Å². The van der Waals surface area contributed by atoms with E-state index in [1.165, 1.54) is 31.4 Å². The van der Waals surface area contributed by atoms with Crippen molar-refractivity contribution in [1.29, 1.82) is 0 Å². The second-order valence-corrected chi connectivity index (χ2v) is 6.82. The average molecular weight is 276 g/mol. The highest BCUT2D eigenvalue weighted by Gasteiger charge is 2.39. The minimum atomic E-state index is -0.189. The summed E-state index contributed by atoms with van der Waals surface area (Å²) in [6.07, 6.45) is 8.22. The predicted molar refractivity (Wildman–Crippen MR) is 80.5 cm³/mol. The fourth-order valence-corrected chi connectivity index (χ4v) is 4.47. The van der Waals surface area contributed by atoms with Gasteiger partial charge in [-0.05, 0) is 62.8 Å². The van der Waals surface area contributed by atoms with Gasteiger partial charge in [-0.1, -0.05) is 13.3 Å². The van der Waals surface area contributed by atoms with Crippen LogP contribution in [0.3, 0.4) is 0 Å². The number of aryl methyl sites for hydroxylation is 2.